The molecule has 0 aliphatic heterocycles. The van der Waals surface area contributed by atoms with E-state index >= 15 is 0 Å². The predicted molar refractivity (Wildman–Crippen MR) is 77.5 cm³/mol. The minimum Gasteiger partial charge on any atom is -0.497 e. The number of benzene rings is 1. The molecule has 0 aliphatic carbocycles. The minimum absolute atomic E-state index is 0.881. The summed E-state index contributed by atoms with van der Waals surface area (Å²) < 4.78 is 5.18. The molecular weight excluding hydrogens is 244 g/mol. The fourth-order valence-electron chi connectivity index (χ4n) is 1.65. The van der Waals surface area contributed by atoms with Gasteiger partial charge in [0.15, 0.2) is 0 Å². The van der Waals surface area contributed by atoms with E-state index in [2.05, 4.69) is 28.1 Å². The second-order valence-corrected chi connectivity index (χ2v) is 4.95. The number of hydrogen-bond donors (Lipinski definition) is 2. The highest BCUT2D eigenvalue weighted by Crippen LogP contribution is 2.16. The third kappa shape index (κ3) is 4.05. The van der Waals surface area contributed by atoms with Gasteiger partial charge in [-0.3, -0.25) is 0 Å². The van der Waals surface area contributed by atoms with Crippen LogP contribution in [0.25, 0.3) is 0 Å². The van der Waals surface area contributed by atoms with Crippen LogP contribution in [0.5, 0.6) is 5.75 Å². The van der Waals surface area contributed by atoms with Crippen LogP contribution in [-0.4, -0.2) is 20.2 Å². The van der Waals surface area contributed by atoms with Gasteiger partial charge in [-0.1, -0.05) is 12.1 Å². The Morgan fingerprint density at radius 1 is 1.17 bits per heavy atom. The molecule has 1 heterocycles. The Kier molecular flexibility index (Phi) is 5.05. The molecule has 2 aromatic rings. The Morgan fingerprint density at radius 3 is 2.89 bits per heavy atom. The summed E-state index contributed by atoms with van der Waals surface area (Å²) in [5, 5.41) is 8.87. The van der Waals surface area contributed by atoms with Crippen molar-refractivity contribution >= 4 is 17.0 Å². The van der Waals surface area contributed by atoms with Crippen molar-refractivity contribution in [3.05, 3.63) is 46.7 Å². The summed E-state index contributed by atoms with van der Waals surface area (Å²) in [6.07, 6.45) is 0. The van der Waals surface area contributed by atoms with Crippen LogP contribution in [0.15, 0.2) is 41.8 Å². The van der Waals surface area contributed by atoms with E-state index in [1.54, 1.807) is 18.4 Å². The van der Waals surface area contributed by atoms with Crippen LogP contribution < -0.4 is 15.4 Å². The maximum Gasteiger partial charge on any atom is 0.120 e. The summed E-state index contributed by atoms with van der Waals surface area (Å²) in [5.74, 6) is 0.881. The maximum atomic E-state index is 5.18. The lowest BCUT2D eigenvalue weighted by Crippen LogP contribution is -2.21. The van der Waals surface area contributed by atoms with Crippen LogP contribution in [0.4, 0.5) is 5.69 Å². The van der Waals surface area contributed by atoms with Gasteiger partial charge < -0.3 is 15.4 Å². The van der Waals surface area contributed by atoms with E-state index in [4.69, 9.17) is 4.74 Å². The highest BCUT2D eigenvalue weighted by molar-refractivity contribution is 7.09. The third-order valence-corrected chi connectivity index (χ3v) is 3.46. The average Bonchev–Trinajstić information content (AvgIpc) is 2.92. The number of anilines is 1. The van der Waals surface area contributed by atoms with E-state index in [-0.39, 0.29) is 0 Å². The van der Waals surface area contributed by atoms with E-state index in [1.807, 2.05) is 24.3 Å². The smallest absolute Gasteiger partial charge is 0.120 e. The lowest BCUT2D eigenvalue weighted by Gasteiger charge is -2.08. The summed E-state index contributed by atoms with van der Waals surface area (Å²) in [4.78, 5) is 1.37. The van der Waals surface area contributed by atoms with Gasteiger partial charge in [0.1, 0.15) is 5.75 Å². The van der Waals surface area contributed by atoms with Gasteiger partial charge in [-0.2, -0.15) is 0 Å². The normalized spacial score (nSPS) is 10.3. The fraction of sp³-hybridized carbons (Fsp3) is 0.286. The number of rotatable bonds is 7. The molecule has 0 saturated heterocycles. The molecule has 0 fully saturated rings. The highest BCUT2D eigenvalue weighted by Gasteiger charge is 1.95. The molecule has 0 atom stereocenters. The first-order valence-electron chi connectivity index (χ1n) is 5.99. The van der Waals surface area contributed by atoms with Gasteiger partial charge in [0.2, 0.25) is 0 Å². The van der Waals surface area contributed by atoms with Crippen molar-refractivity contribution in [2.45, 2.75) is 6.54 Å². The molecule has 1 aromatic heterocycles. The Balaban J connectivity index is 1.65. The standard InChI is InChI=1S/C14H18N2OS/c1-17-13-5-2-4-12(10-13)16-8-7-15-11-14-6-3-9-18-14/h2-6,9-10,15-16H,7-8,11H2,1H3. The molecule has 4 heteroatoms. The van der Waals surface area contributed by atoms with Crippen LogP contribution in [-0.2, 0) is 6.54 Å². The Morgan fingerprint density at radius 2 is 2.11 bits per heavy atom. The van der Waals surface area contributed by atoms with Gasteiger partial charge in [-0.15, -0.1) is 11.3 Å². The predicted octanol–water partition coefficient (Wildman–Crippen LogP) is 2.96. The topological polar surface area (TPSA) is 33.3 Å². The highest BCUT2D eigenvalue weighted by atomic mass is 32.1. The van der Waals surface area contributed by atoms with E-state index in [0.717, 1.165) is 31.1 Å². The van der Waals surface area contributed by atoms with Crippen LogP contribution in [0, 0.1) is 0 Å². The van der Waals surface area contributed by atoms with Crippen molar-refractivity contribution in [2.75, 3.05) is 25.5 Å². The van der Waals surface area contributed by atoms with Crippen LogP contribution in [0.1, 0.15) is 4.88 Å². The molecule has 0 spiro atoms. The SMILES string of the molecule is COc1cccc(NCCNCc2cccs2)c1. The fourth-order valence-corrected chi connectivity index (χ4v) is 2.33. The molecule has 1 aromatic carbocycles. The van der Waals surface area contributed by atoms with Gasteiger partial charge in [-0.05, 0) is 23.6 Å². The van der Waals surface area contributed by atoms with E-state index in [9.17, 15) is 0 Å². The van der Waals surface area contributed by atoms with Gasteiger partial charge in [0.25, 0.3) is 0 Å². The van der Waals surface area contributed by atoms with E-state index < -0.39 is 0 Å². The molecule has 2 N–H and O–H groups in total. The molecule has 0 bridgehead atoms. The summed E-state index contributed by atoms with van der Waals surface area (Å²) in [6.45, 7) is 2.78. The second kappa shape index (κ2) is 7.03. The molecule has 0 unspecified atom stereocenters. The monoisotopic (exact) mass is 262 g/mol. The van der Waals surface area contributed by atoms with Gasteiger partial charge in [0, 0.05) is 36.3 Å². The number of hydrogen-bond acceptors (Lipinski definition) is 4. The van der Waals surface area contributed by atoms with Gasteiger partial charge in [0.05, 0.1) is 7.11 Å². The van der Waals surface area contributed by atoms with Crippen LogP contribution in [0.2, 0.25) is 0 Å². The van der Waals surface area contributed by atoms with Crippen molar-refractivity contribution < 1.29 is 4.74 Å². The molecule has 0 amide bonds. The maximum absolute atomic E-state index is 5.18. The Labute approximate surface area is 112 Å². The quantitative estimate of drug-likeness (QED) is 0.753. The molecule has 18 heavy (non-hydrogen) atoms. The Hall–Kier alpha value is -1.52. The van der Waals surface area contributed by atoms with E-state index in [1.165, 1.54) is 4.88 Å². The molecule has 0 saturated carbocycles. The van der Waals surface area contributed by atoms with Gasteiger partial charge >= 0.3 is 0 Å². The first-order chi connectivity index (χ1) is 8.88. The van der Waals surface area contributed by atoms with Crippen LogP contribution in [0.3, 0.4) is 0 Å². The zero-order valence-electron chi connectivity index (χ0n) is 10.5. The lowest BCUT2D eigenvalue weighted by atomic mass is 10.3. The van der Waals surface area contributed by atoms with Crippen molar-refractivity contribution in [3.8, 4) is 5.75 Å². The zero-order chi connectivity index (χ0) is 12.6. The van der Waals surface area contributed by atoms with Crippen LogP contribution >= 0.6 is 11.3 Å². The molecule has 3 nitrogen and oxygen atoms in total. The number of nitrogens with one attached hydrogen (secondary N) is 2. The molecule has 96 valence electrons. The average molecular weight is 262 g/mol. The zero-order valence-corrected chi connectivity index (χ0v) is 11.3. The van der Waals surface area contributed by atoms with Crippen molar-refractivity contribution in [2.24, 2.45) is 0 Å². The second-order valence-electron chi connectivity index (χ2n) is 3.91. The number of thiophene rings is 1. The molecule has 0 aliphatic rings. The molecular formula is C14H18N2OS. The van der Waals surface area contributed by atoms with Gasteiger partial charge in [-0.25, -0.2) is 0 Å². The lowest BCUT2D eigenvalue weighted by molar-refractivity contribution is 0.415. The first-order valence-corrected chi connectivity index (χ1v) is 6.87. The summed E-state index contributed by atoms with van der Waals surface area (Å²) >= 11 is 1.78. The third-order valence-electron chi connectivity index (χ3n) is 2.58. The summed E-state index contributed by atoms with van der Waals surface area (Å²) in [7, 11) is 1.68. The number of ether oxygens (including phenoxy) is 1. The van der Waals surface area contributed by atoms with Crippen molar-refractivity contribution in [1.82, 2.24) is 5.32 Å². The summed E-state index contributed by atoms with van der Waals surface area (Å²) in [5.41, 5.74) is 1.09. The first kappa shape index (κ1) is 12.9. The number of methoxy groups -OCH3 is 1. The molecule has 2 rings (SSSR count). The largest absolute Gasteiger partial charge is 0.497 e. The Bertz CT molecular complexity index is 457. The minimum atomic E-state index is 0.881. The van der Waals surface area contributed by atoms with Crippen molar-refractivity contribution in [1.29, 1.82) is 0 Å². The molecule has 0 radical (unpaired) electrons. The van der Waals surface area contributed by atoms with E-state index in [0.29, 0.717) is 0 Å². The summed E-state index contributed by atoms with van der Waals surface area (Å²) in [6, 6.07) is 12.2. The van der Waals surface area contributed by atoms with Crippen molar-refractivity contribution in [3.63, 3.8) is 0 Å².